The van der Waals surface area contributed by atoms with Crippen LogP contribution in [0, 0.1) is 5.92 Å². The summed E-state index contributed by atoms with van der Waals surface area (Å²) in [5, 5.41) is 4.26. The summed E-state index contributed by atoms with van der Waals surface area (Å²) in [5.41, 5.74) is 2.87. The number of hydrogen-bond donors (Lipinski definition) is 1. The summed E-state index contributed by atoms with van der Waals surface area (Å²) in [6.07, 6.45) is 2.65. The highest BCUT2D eigenvalue weighted by atomic mass is 32.2. The Labute approximate surface area is 203 Å². The van der Waals surface area contributed by atoms with Gasteiger partial charge < -0.3 is 10.2 Å². The van der Waals surface area contributed by atoms with Crippen molar-refractivity contribution >= 4 is 27.7 Å². The predicted molar refractivity (Wildman–Crippen MR) is 137 cm³/mol. The van der Waals surface area contributed by atoms with Crippen molar-refractivity contribution in [3.05, 3.63) is 71.1 Å². The third-order valence-electron chi connectivity index (χ3n) is 6.64. The first kappa shape index (κ1) is 24.6. The fourth-order valence-corrected chi connectivity index (χ4v) is 5.61. The van der Waals surface area contributed by atoms with Gasteiger partial charge in [-0.25, -0.2) is 8.42 Å². The number of piperazine rings is 1. The van der Waals surface area contributed by atoms with E-state index in [2.05, 4.69) is 34.3 Å². The van der Waals surface area contributed by atoms with Gasteiger partial charge in [0.15, 0.2) is 0 Å². The lowest BCUT2D eigenvalue weighted by atomic mass is 9.97. The van der Waals surface area contributed by atoms with Crippen LogP contribution in [0.3, 0.4) is 0 Å². The van der Waals surface area contributed by atoms with Crippen LogP contribution in [0.1, 0.15) is 24.0 Å². The Morgan fingerprint density at radius 3 is 2.24 bits per heavy atom. The molecule has 0 atom stereocenters. The number of sulfonamides is 1. The van der Waals surface area contributed by atoms with Crippen LogP contribution in [0.2, 0.25) is 0 Å². The summed E-state index contributed by atoms with van der Waals surface area (Å²) in [6.45, 7) is 5.97. The molecule has 8 heteroatoms. The highest BCUT2D eigenvalue weighted by Crippen LogP contribution is 2.23. The summed E-state index contributed by atoms with van der Waals surface area (Å²) in [7, 11) is -1.34. The molecule has 0 unspecified atom stereocenters. The molecule has 4 rings (SSSR count). The smallest absolute Gasteiger partial charge is 0.236 e. The number of carbonyl (C=O) groups is 1. The van der Waals surface area contributed by atoms with Crippen molar-refractivity contribution < 1.29 is 13.2 Å². The van der Waals surface area contributed by atoms with Gasteiger partial charge in [-0.05, 0) is 49.2 Å². The highest BCUT2D eigenvalue weighted by molar-refractivity contribution is 7.92. The maximum absolute atomic E-state index is 12.8. The lowest BCUT2D eigenvalue weighted by Crippen LogP contribution is -2.43. The van der Waals surface area contributed by atoms with Crippen molar-refractivity contribution in [3.63, 3.8) is 0 Å². The van der Waals surface area contributed by atoms with Crippen molar-refractivity contribution in [2.75, 3.05) is 51.6 Å². The number of nitrogens with one attached hydrogen (secondary N) is 1. The standard InChI is InChI=1S/C26H34N4O3S/c1-28-16-18-29(19-17-28)21-23-7-9-25(10-8-23)27-26(31)24-11-14-30(15-12-24)34(32,33)20-13-22-5-3-2-4-6-22/h2-10,13,20,24H,11-12,14-19,21H2,1H3,(H,27,31)/b20-13+. The number of likely N-dealkylation sites (N-methyl/N-ethyl adjacent to an activating group) is 1. The molecule has 2 aliphatic rings. The van der Waals surface area contributed by atoms with E-state index in [0.717, 1.165) is 44.0 Å². The molecule has 2 aromatic rings. The van der Waals surface area contributed by atoms with Gasteiger partial charge in [0.05, 0.1) is 0 Å². The lowest BCUT2D eigenvalue weighted by molar-refractivity contribution is -0.120. The maximum Gasteiger partial charge on any atom is 0.236 e. The van der Waals surface area contributed by atoms with Crippen molar-refractivity contribution in [3.8, 4) is 0 Å². The Balaban J connectivity index is 1.24. The molecule has 1 N–H and O–H groups in total. The van der Waals surface area contributed by atoms with Gasteiger partial charge in [0, 0.05) is 62.8 Å². The molecule has 0 spiro atoms. The van der Waals surface area contributed by atoms with Gasteiger partial charge in [-0.1, -0.05) is 42.5 Å². The largest absolute Gasteiger partial charge is 0.326 e. The van der Waals surface area contributed by atoms with Gasteiger partial charge in [-0.2, -0.15) is 4.31 Å². The third kappa shape index (κ3) is 6.76. The zero-order valence-corrected chi connectivity index (χ0v) is 20.6. The normalized spacial score (nSPS) is 19.4. The molecule has 7 nitrogen and oxygen atoms in total. The molecular formula is C26H34N4O3S. The summed E-state index contributed by atoms with van der Waals surface area (Å²) < 4.78 is 26.8. The lowest BCUT2D eigenvalue weighted by Gasteiger charge is -2.32. The molecule has 2 saturated heterocycles. The monoisotopic (exact) mass is 482 g/mol. The quantitative estimate of drug-likeness (QED) is 0.657. The molecular weight excluding hydrogens is 448 g/mol. The molecule has 1 amide bonds. The van der Waals surface area contributed by atoms with Crippen LogP contribution in [0.4, 0.5) is 5.69 Å². The van der Waals surface area contributed by atoms with E-state index < -0.39 is 10.0 Å². The van der Waals surface area contributed by atoms with Gasteiger partial charge in [0.1, 0.15) is 0 Å². The van der Waals surface area contributed by atoms with Crippen LogP contribution >= 0.6 is 0 Å². The fraction of sp³-hybridized carbons (Fsp3) is 0.423. The number of benzene rings is 2. The molecule has 0 aromatic heterocycles. The summed E-state index contributed by atoms with van der Waals surface area (Å²) >= 11 is 0. The molecule has 0 bridgehead atoms. The van der Waals surface area contributed by atoms with Crippen LogP contribution < -0.4 is 5.32 Å². The number of rotatable bonds is 7. The Kier molecular flexibility index (Phi) is 8.15. The first-order chi connectivity index (χ1) is 16.4. The van der Waals surface area contributed by atoms with Crippen LogP contribution in [-0.2, 0) is 21.4 Å². The Morgan fingerprint density at radius 2 is 1.59 bits per heavy atom. The van der Waals surface area contributed by atoms with Crippen molar-refractivity contribution in [1.29, 1.82) is 0 Å². The Morgan fingerprint density at radius 1 is 0.941 bits per heavy atom. The van der Waals surface area contributed by atoms with Crippen molar-refractivity contribution in [2.24, 2.45) is 5.92 Å². The molecule has 34 heavy (non-hydrogen) atoms. The van der Waals surface area contributed by atoms with Crippen LogP contribution in [0.25, 0.3) is 6.08 Å². The van der Waals surface area contributed by atoms with Gasteiger partial charge in [-0.3, -0.25) is 9.69 Å². The molecule has 182 valence electrons. The Bertz CT molecular complexity index is 1070. The second kappa shape index (κ2) is 11.3. The molecule has 0 aliphatic carbocycles. The van der Waals surface area contributed by atoms with Gasteiger partial charge in [0.25, 0.3) is 0 Å². The first-order valence-electron chi connectivity index (χ1n) is 11.9. The van der Waals surface area contributed by atoms with Crippen LogP contribution in [0.5, 0.6) is 0 Å². The zero-order chi connectivity index (χ0) is 24.0. The third-order valence-corrected chi connectivity index (χ3v) is 8.21. The van der Waals surface area contributed by atoms with E-state index in [1.54, 1.807) is 6.08 Å². The fourth-order valence-electron chi connectivity index (χ4n) is 4.39. The minimum absolute atomic E-state index is 0.0382. The minimum atomic E-state index is -3.50. The molecule has 2 heterocycles. The van der Waals surface area contributed by atoms with E-state index in [-0.39, 0.29) is 11.8 Å². The van der Waals surface area contributed by atoms with Crippen molar-refractivity contribution in [2.45, 2.75) is 19.4 Å². The van der Waals surface area contributed by atoms with E-state index in [0.29, 0.717) is 25.9 Å². The SMILES string of the molecule is CN1CCN(Cc2ccc(NC(=O)C3CCN(S(=O)(=O)/C=C/c4ccccc4)CC3)cc2)CC1. The van der Waals surface area contributed by atoms with E-state index in [9.17, 15) is 13.2 Å². The number of hydrogen-bond acceptors (Lipinski definition) is 5. The average Bonchev–Trinajstić information content (AvgIpc) is 2.86. The number of amides is 1. The topological polar surface area (TPSA) is 73.0 Å². The highest BCUT2D eigenvalue weighted by Gasteiger charge is 2.30. The maximum atomic E-state index is 12.8. The molecule has 2 aliphatic heterocycles. The number of nitrogens with zero attached hydrogens (tertiary/aromatic N) is 3. The average molecular weight is 483 g/mol. The van der Waals surface area contributed by atoms with E-state index in [1.165, 1.54) is 15.3 Å². The van der Waals surface area contributed by atoms with Crippen LogP contribution in [0.15, 0.2) is 60.0 Å². The Hall–Kier alpha value is -2.52. The van der Waals surface area contributed by atoms with Gasteiger partial charge >= 0.3 is 0 Å². The van der Waals surface area contributed by atoms with E-state index in [4.69, 9.17) is 0 Å². The van der Waals surface area contributed by atoms with E-state index in [1.807, 2.05) is 42.5 Å². The first-order valence-corrected chi connectivity index (χ1v) is 13.4. The van der Waals surface area contributed by atoms with E-state index >= 15 is 0 Å². The van der Waals surface area contributed by atoms with Crippen molar-refractivity contribution in [1.82, 2.24) is 14.1 Å². The van der Waals surface area contributed by atoms with Gasteiger partial charge in [-0.15, -0.1) is 0 Å². The number of anilines is 1. The molecule has 2 fully saturated rings. The second-order valence-electron chi connectivity index (χ2n) is 9.20. The second-order valence-corrected chi connectivity index (χ2v) is 11.0. The molecule has 0 saturated carbocycles. The number of piperidine rings is 1. The molecule has 2 aromatic carbocycles. The summed E-state index contributed by atoms with van der Waals surface area (Å²) in [4.78, 5) is 17.6. The van der Waals surface area contributed by atoms with Gasteiger partial charge in [0.2, 0.25) is 15.9 Å². The molecule has 0 radical (unpaired) electrons. The minimum Gasteiger partial charge on any atom is -0.326 e. The summed E-state index contributed by atoms with van der Waals surface area (Å²) in [6, 6.07) is 17.4. The van der Waals surface area contributed by atoms with Crippen LogP contribution in [-0.4, -0.2) is 74.7 Å². The predicted octanol–water partition coefficient (Wildman–Crippen LogP) is 3.09. The summed E-state index contributed by atoms with van der Waals surface area (Å²) in [5.74, 6) is -0.224. The zero-order valence-electron chi connectivity index (χ0n) is 19.8. The number of carbonyl (C=O) groups excluding carboxylic acids is 1.